The lowest BCUT2D eigenvalue weighted by Crippen LogP contribution is -2.59. The van der Waals surface area contributed by atoms with Gasteiger partial charge in [0.05, 0.1) is 11.2 Å². The predicted octanol–water partition coefficient (Wildman–Crippen LogP) is 5.08. The number of hydrogen-bond donors (Lipinski definition) is 3. The topological polar surface area (TPSA) is 117 Å². The van der Waals surface area contributed by atoms with Gasteiger partial charge in [-0.1, -0.05) is 51.2 Å². The number of aliphatic imine (C=N–C) groups is 1. The Labute approximate surface area is 221 Å². The molecule has 0 spiro atoms. The summed E-state index contributed by atoms with van der Waals surface area (Å²) in [5.74, 6) is 0.0684. The van der Waals surface area contributed by atoms with Gasteiger partial charge >= 0.3 is 5.91 Å². The van der Waals surface area contributed by atoms with E-state index >= 15 is 0 Å². The highest BCUT2D eigenvalue weighted by Crippen LogP contribution is 2.38. The maximum Gasteiger partial charge on any atom is 0.388 e. The second-order valence-corrected chi connectivity index (χ2v) is 11.5. The fourth-order valence-electron chi connectivity index (χ4n) is 5.09. The SMILES string of the molecule is CCCCCCCC(=O)[N+](O)(Oc1cccc2c1N=C(N)N(CC(=O)NC(C)(C)C)C2)C1CCCCC1. The molecule has 1 aromatic carbocycles. The number of guanidine groups is 1. The van der Waals surface area contributed by atoms with Crippen LogP contribution in [0.1, 0.15) is 104 Å². The molecule has 3 rings (SSSR count). The van der Waals surface area contributed by atoms with Crippen LogP contribution in [-0.2, 0) is 16.1 Å². The average molecular weight is 517 g/mol. The first-order valence-electron chi connectivity index (χ1n) is 13.9. The van der Waals surface area contributed by atoms with E-state index in [2.05, 4.69) is 17.2 Å². The van der Waals surface area contributed by atoms with Crippen LogP contribution in [0.3, 0.4) is 0 Å². The molecule has 1 saturated carbocycles. The first kappa shape index (κ1) is 28.9. The minimum Gasteiger partial charge on any atom is -0.369 e. The molecular formula is C28H46N5O4+. The molecule has 1 atom stereocenters. The standard InChI is InChI=1S/C28H45N5O4/c1-5-6-7-8-12-18-25(35)33(36,22-15-10-9-11-16-22)37-23-17-13-14-21-19-32(27(29)30-26(21)23)20-24(34)31-28(2,3)4/h13-14,17,22,36H,5-12,15-16,18-20H2,1-4H3,(H2-,29,30,31,34)/p+1. The van der Waals surface area contributed by atoms with E-state index in [4.69, 9.17) is 10.6 Å². The summed E-state index contributed by atoms with van der Waals surface area (Å²) < 4.78 is 0. The van der Waals surface area contributed by atoms with Gasteiger partial charge in [-0.2, -0.15) is 5.21 Å². The molecule has 0 bridgehead atoms. The number of nitrogens with one attached hydrogen (secondary N) is 1. The molecule has 1 aliphatic carbocycles. The van der Waals surface area contributed by atoms with Crippen molar-refractivity contribution in [1.29, 1.82) is 0 Å². The van der Waals surface area contributed by atoms with Crippen molar-refractivity contribution in [3.63, 3.8) is 0 Å². The largest absolute Gasteiger partial charge is 0.388 e. The predicted molar refractivity (Wildman–Crippen MR) is 144 cm³/mol. The van der Waals surface area contributed by atoms with Gasteiger partial charge in [-0.05, 0) is 46.1 Å². The lowest BCUT2D eigenvalue weighted by Gasteiger charge is -2.35. The fraction of sp³-hybridized carbons (Fsp3) is 0.679. The van der Waals surface area contributed by atoms with Crippen LogP contribution in [0.25, 0.3) is 0 Å². The van der Waals surface area contributed by atoms with Crippen LogP contribution in [0.4, 0.5) is 5.69 Å². The van der Waals surface area contributed by atoms with Gasteiger partial charge in [-0.3, -0.25) is 9.63 Å². The second-order valence-electron chi connectivity index (χ2n) is 11.5. The molecule has 1 aliphatic heterocycles. The molecule has 37 heavy (non-hydrogen) atoms. The van der Waals surface area contributed by atoms with Crippen molar-refractivity contribution in [2.24, 2.45) is 10.7 Å². The summed E-state index contributed by atoms with van der Waals surface area (Å²) in [4.78, 5) is 37.3. The third-order valence-electron chi connectivity index (χ3n) is 7.00. The minimum absolute atomic E-state index is 0.0791. The summed E-state index contributed by atoms with van der Waals surface area (Å²) in [5.41, 5.74) is 7.22. The number of rotatable bonds is 11. The molecule has 0 saturated heterocycles. The van der Waals surface area contributed by atoms with Gasteiger partial charge in [0, 0.05) is 30.5 Å². The zero-order valence-corrected chi connectivity index (χ0v) is 23.1. The van der Waals surface area contributed by atoms with Crippen LogP contribution in [0.15, 0.2) is 23.2 Å². The quantitative estimate of drug-likeness (QED) is 0.163. The number of benzene rings is 1. The molecule has 1 heterocycles. The molecule has 1 unspecified atom stereocenters. The zero-order chi connectivity index (χ0) is 27.1. The van der Waals surface area contributed by atoms with Crippen LogP contribution >= 0.6 is 0 Å². The van der Waals surface area contributed by atoms with E-state index < -0.39 is 4.81 Å². The zero-order valence-electron chi connectivity index (χ0n) is 23.1. The van der Waals surface area contributed by atoms with Crippen LogP contribution in [0.5, 0.6) is 5.75 Å². The van der Waals surface area contributed by atoms with Crippen molar-refractivity contribution in [3.8, 4) is 5.75 Å². The van der Waals surface area contributed by atoms with Gasteiger partial charge in [0.15, 0.2) is 12.0 Å². The van der Waals surface area contributed by atoms with Gasteiger partial charge in [0.2, 0.25) is 11.7 Å². The summed E-state index contributed by atoms with van der Waals surface area (Å²) in [6.07, 6.45) is 9.83. The van der Waals surface area contributed by atoms with Gasteiger partial charge in [-0.15, -0.1) is 0 Å². The number of quaternary nitrogens is 1. The lowest BCUT2D eigenvalue weighted by atomic mass is 9.94. The highest BCUT2D eigenvalue weighted by molar-refractivity contribution is 5.89. The van der Waals surface area contributed by atoms with Gasteiger partial charge < -0.3 is 16.0 Å². The number of unbranched alkanes of at least 4 members (excludes halogenated alkanes) is 4. The summed E-state index contributed by atoms with van der Waals surface area (Å²) in [6, 6.07) is 5.13. The Morgan fingerprint density at radius 3 is 2.54 bits per heavy atom. The minimum atomic E-state index is -1.04. The van der Waals surface area contributed by atoms with Crippen LogP contribution < -0.4 is 15.9 Å². The maximum absolute atomic E-state index is 13.4. The van der Waals surface area contributed by atoms with E-state index in [1.54, 1.807) is 11.0 Å². The van der Waals surface area contributed by atoms with E-state index in [1.807, 2.05) is 32.9 Å². The van der Waals surface area contributed by atoms with Crippen molar-refractivity contribution in [3.05, 3.63) is 23.8 Å². The second kappa shape index (κ2) is 12.7. The van der Waals surface area contributed by atoms with E-state index in [-0.39, 0.29) is 42.3 Å². The molecule has 9 heteroatoms. The number of nitrogens with two attached hydrogens (primary N) is 1. The molecule has 1 aromatic rings. The molecule has 1 fully saturated rings. The summed E-state index contributed by atoms with van der Waals surface area (Å²) in [7, 11) is 0. The molecule has 0 aromatic heterocycles. The Kier molecular flexibility index (Phi) is 9.95. The van der Waals surface area contributed by atoms with Crippen molar-refractivity contribution >= 4 is 23.5 Å². The highest BCUT2D eigenvalue weighted by atomic mass is 16.9. The molecule has 206 valence electrons. The molecule has 2 aliphatic rings. The molecular weight excluding hydrogens is 470 g/mol. The Bertz CT molecular complexity index is 968. The smallest absolute Gasteiger partial charge is 0.369 e. The number of amides is 2. The van der Waals surface area contributed by atoms with Gasteiger partial charge in [0.25, 0.3) is 0 Å². The lowest BCUT2D eigenvalue weighted by molar-refractivity contribution is -1.18. The Hall–Kier alpha value is -2.65. The number of hydrogen-bond acceptors (Lipinski definition) is 7. The highest BCUT2D eigenvalue weighted by Gasteiger charge is 2.48. The Balaban J connectivity index is 1.80. The summed E-state index contributed by atoms with van der Waals surface area (Å²) in [5, 5.41) is 14.7. The van der Waals surface area contributed by atoms with E-state index in [1.165, 1.54) is 0 Å². The van der Waals surface area contributed by atoms with Gasteiger partial charge in [-0.25, -0.2) is 9.79 Å². The molecule has 2 amide bonds. The maximum atomic E-state index is 13.4. The summed E-state index contributed by atoms with van der Waals surface area (Å²) >= 11 is 0. The number of hydroxylamine groups is 4. The first-order chi connectivity index (χ1) is 17.5. The van der Waals surface area contributed by atoms with Crippen molar-refractivity contribution < 1.29 is 24.4 Å². The van der Waals surface area contributed by atoms with E-state index in [9.17, 15) is 14.8 Å². The number of para-hydroxylation sites is 1. The van der Waals surface area contributed by atoms with E-state index in [0.717, 1.165) is 69.8 Å². The Morgan fingerprint density at radius 1 is 1.16 bits per heavy atom. The third kappa shape index (κ3) is 7.92. The van der Waals surface area contributed by atoms with Crippen molar-refractivity contribution in [1.82, 2.24) is 10.2 Å². The van der Waals surface area contributed by atoms with Crippen LogP contribution in [-0.4, -0.2) is 50.8 Å². The molecule has 9 nitrogen and oxygen atoms in total. The Morgan fingerprint density at radius 2 is 1.86 bits per heavy atom. The monoisotopic (exact) mass is 516 g/mol. The van der Waals surface area contributed by atoms with Crippen LogP contribution in [0, 0.1) is 0 Å². The third-order valence-corrected chi connectivity index (χ3v) is 7.00. The van der Waals surface area contributed by atoms with Gasteiger partial charge in [0.1, 0.15) is 12.2 Å². The average Bonchev–Trinajstić information content (AvgIpc) is 2.84. The molecule has 0 radical (unpaired) electrons. The number of carbonyl (C=O) groups excluding carboxylic acids is 2. The number of nitrogens with zero attached hydrogens (tertiary/aromatic N) is 3. The van der Waals surface area contributed by atoms with E-state index in [0.29, 0.717) is 18.0 Å². The summed E-state index contributed by atoms with van der Waals surface area (Å²) in [6.45, 7) is 8.39. The normalized spacial score (nSPS) is 18.0. The number of fused-ring (bicyclic) bond motifs is 1. The first-order valence-corrected chi connectivity index (χ1v) is 13.9. The van der Waals surface area contributed by atoms with Crippen molar-refractivity contribution in [2.45, 2.75) is 116 Å². The fourth-order valence-corrected chi connectivity index (χ4v) is 5.09. The molecule has 4 N–H and O–H groups in total. The van der Waals surface area contributed by atoms with Crippen molar-refractivity contribution in [2.75, 3.05) is 6.54 Å². The number of carbonyl (C=O) groups is 2. The van der Waals surface area contributed by atoms with Crippen LogP contribution in [0.2, 0.25) is 0 Å².